The first-order valence-electron chi connectivity index (χ1n) is 9.46. The van der Waals surface area contributed by atoms with Crippen LogP contribution >= 0.6 is 0 Å². The summed E-state index contributed by atoms with van der Waals surface area (Å²) >= 11 is 0. The van der Waals surface area contributed by atoms with E-state index in [1.807, 2.05) is 35.2 Å². The van der Waals surface area contributed by atoms with Crippen molar-refractivity contribution in [1.29, 1.82) is 0 Å². The highest BCUT2D eigenvalue weighted by Crippen LogP contribution is 2.30. The smallest absolute Gasteiger partial charge is 0.219 e. The Morgan fingerprint density at radius 1 is 1.20 bits per heavy atom. The van der Waals surface area contributed by atoms with Crippen LogP contribution in [0.2, 0.25) is 0 Å². The zero-order valence-corrected chi connectivity index (χ0v) is 15.1. The highest BCUT2D eigenvalue weighted by molar-refractivity contribution is 5.74. The molecule has 0 spiro atoms. The van der Waals surface area contributed by atoms with Crippen molar-refractivity contribution >= 4 is 5.91 Å². The molecular weight excluding hydrogens is 316 g/mol. The Labute approximate surface area is 150 Å². The summed E-state index contributed by atoms with van der Waals surface area (Å²) in [5, 5.41) is 10.4. The van der Waals surface area contributed by atoms with Gasteiger partial charge in [-0.15, -0.1) is 0 Å². The maximum atomic E-state index is 11.9. The van der Waals surface area contributed by atoms with E-state index in [-0.39, 0.29) is 5.91 Å². The van der Waals surface area contributed by atoms with Gasteiger partial charge in [0, 0.05) is 32.1 Å². The van der Waals surface area contributed by atoms with Crippen LogP contribution in [0.5, 0.6) is 0 Å². The summed E-state index contributed by atoms with van der Waals surface area (Å²) in [5.41, 5.74) is 1.12. The van der Waals surface area contributed by atoms with Gasteiger partial charge in [-0.05, 0) is 37.8 Å². The van der Waals surface area contributed by atoms with E-state index < -0.39 is 6.10 Å². The van der Waals surface area contributed by atoms with E-state index in [0.29, 0.717) is 31.8 Å². The van der Waals surface area contributed by atoms with Crippen LogP contribution in [0.4, 0.5) is 0 Å². The quantitative estimate of drug-likeness (QED) is 0.821. The molecule has 1 aromatic rings. The molecule has 0 saturated carbocycles. The second kappa shape index (κ2) is 8.79. The van der Waals surface area contributed by atoms with E-state index in [9.17, 15) is 9.90 Å². The zero-order valence-electron chi connectivity index (χ0n) is 15.1. The molecule has 1 aromatic carbocycles. The normalized spacial score (nSPS) is 25.4. The van der Waals surface area contributed by atoms with Crippen molar-refractivity contribution in [3.63, 3.8) is 0 Å². The zero-order chi connectivity index (χ0) is 17.6. The predicted octanol–water partition coefficient (Wildman–Crippen LogP) is 2.04. The van der Waals surface area contributed by atoms with Gasteiger partial charge in [0.1, 0.15) is 0 Å². The molecule has 2 aliphatic rings. The summed E-state index contributed by atoms with van der Waals surface area (Å²) < 4.78 is 5.67. The van der Waals surface area contributed by atoms with Gasteiger partial charge < -0.3 is 14.7 Å². The number of hydrogen-bond donors (Lipinski definition) is 1. The Bertz CT molecular complexity index is 551. The lowest BCUT2D eigenvalue weighted by Crippen LogP contribution is -2.49. The summed E-state index contributed by atoms with van der Waals surface area (Å²) in [7, 11) is 0. The first kappa shape index (κ1) is 18.4. The molecule has 0 aromatic heterocycles. The number of ether oxygens (including phenoxy) is 1. The van der Waals surface area contributed by atoms with Crippen molar-refractivity contribution in [1.82, 2.24) is 9.80 Å². The summed E-state index contributed by atoms with van der Waals surface area (Å²) in [6, 6.07) is 10.7. The number of benzene rings is 1. The van der Waals surface area contributed by atoms with Crippen LogP contribution in [0.15, 0.2) is 30.3 Å². The highest BCUT2D eigenvalue weighted by Gasteiger charge is 2.39. The Balaban J connectivity index is 1.47. The van der Waals surface area contributed by atoms with Crippen LogP contribution in [-0.2, 0) is 16.1 Å². The molecule has 3 atom stereocenters. The van der Waals surface area contributed by atoms with Gasteiger partial charge >= 0.3 is 0 Å². The molecule has 1 N–H and O–H groups in total. The molecule has 138 valence electrons. The minimum absolute atomic E-state index is 0.182. The fourth-order valence-corrected chi connectivity index (χ4v) is 4.31. The van der Waals surface area contributed by atoms with Gasteiger partial charge in [-0.3, -0.25) is 9.69 Å². The molecule has 5 heteroatoms. The number of carbonyl (C=O) groups excluding carboxylic acids is 1. The average Bonchev–Trinajstić information content (AvgIpc) is 3.24. The topological polar surface area (TPSA) is 53.0 Å². The molecule has 0 unspecified atom stereocenters. The first-order valence-corrected chi connectivity index (χ1v) is 9.46. The third-order valence-electron chi connectivity index (χ3n) is 5.43. The Kier molecular flexibility index (Phi) is 6.45. The van der Waals surface area contributed by atoms with Gasteiger partial charge in [0.05, 0.1) is 19.3 Å². The number of aliphatic hydroxyl groups excluding tert-OH is 1. The molecule has 5 nitrogen and oxygen atoms in total. The Hall–Kier alpha value is -1.43. The standard InChI is InChI=1S/C20H30N2O3/c1-16(23)22-12-6-10-20(22)19-9-5-11-21(19)13-18(24)15-25-14-17-7-3-2-4-8-17/h2-4,7-8,18-20,24H,5-6,9-15H2,1H3/t18-,19-,20+/m0/s1. The lowest BCUT2D eigenvalue weighted by molar-refractivity contribution is -0.130. The van der Waals surface area contributed by atoms with Crippen molar-refractivity contribution in [3.05, 3.63) is 35.9 Å². The van der Waals surface area contributed by atoms with Crippen LogP contribution in [0, 0.1) is 0 Å². The minimum atomic E-state index is -0.489. The number of rotatable bonds is 7. The molecule has 1 amide bonds. The lowest BCUT2D eigenvalue weighted by atomic mass is 10.0. The first-order chi connectivity index (χ1) is 12.1. The fourth-order valence-electron chi connectivity index (χ4n) is 4.31. The highest BCUT2D eigenvalue weighted by atomic mass is 16.5. The number of carbonyl (C=O) groups is 1. The van der Waals surface area contributed by atoms with E-state index in [1.54, 1.807) is 6.92 Å². The van der Waals surface area contributed by atoms with Crippen molar-refractivity contribution in [2.24, 2.45) is 0 Å². The van der Waals surface area contributed by atoms with Crippen molar-refractivity contribution < 1.29 is 14.6 Å². The summed E-state index contributed by atoms with van der Waals surface area (Å²) in [5.74, 6) is 0.182. The average molecular weight is 346 g/mol. The van der Waals surface area contributed by atoms with Gasteiger partial charge in [0.25, 0.3) is 0 Å². The van der Waals surface area contributed by atoms with Gasteiger partial charge in [-0.25, -0.2) is 0 Å². The number of amides is 1. The summed E-state index contributed by atoms with van der Waals surface area (Å²) in [6.45, 7) is 5.06. The van der Waals surface area contributed by atoms with Crippen LogP contribution in [0.3, 0.4) is 0 Å². The minimum Gasteiger partial charge on any atom is -0.389 e. The van der Waals surface area contributed by atoms with E-state index in [2.05, 4.69) is 4.90 Å². The van der Waals surface area contributed by atoms with Crippen molar-refractivity contribution in [2.45, 2.75) is 57.4 Å². The number of aliphatic hydroxyl groups is 1. The van der Waals surface area contributed by atoms with Gasteiger partial charge in [-0.2, -0.15) is 0 Å². The van der Waals surface area contributed by atoms with Gasteiger partial charge in [0.2, 0.25) is 5.91 Å². The SMILES string of the molecule is CC(=O)N1CCC[C@@H]1[C@@H]1CCCN1C[C@H](O)COCc1ccccc1. The number of likely N-dealkylation sites (tertiary alicyclic amines) is 2. The van der Waals surface area contributed by atoms with E-state index in [0.717, 1.165) is 44.3 Å². The molecule has 3 rings (SSSR count). The van der Waals surface area contributed by atoms with Gasteiger partial charge in [-0.1, -0.05) is 30.3 Å². The van der Waals surface area contributed by atoms with E-state index >= 15 is 0 Å². The van der Waals surface area contributed by atoms with Crippen molar-refractivity contribution in [2.75, 3.05) is 26.2 Å². The molecule has 25 heavy (non-hydrogen) atoms. The van der Waals surface area contributed by atoms with Crippen LogP contribution in [-0.4, -0.2) is 65.2 Å². The molecule has 0 bridgehead atoms. The number of β-amino-alcohol motifs (C(OH)–C–C–N with tert-alkyl or cyclic N) is 1. The summed E-state index contributed by atoms with van der Waals surface area (Å²) in [4.78, 5) is 16.2. The molecule has 0 radical (unpaired) electrons. The number of hydrogen-bond acceptors (Lipinski definition) is 4. The van der Waals surface area contributed by atoms with Gasteiger partial charge in [0.15, 0.2) is 0 Å². The fraction of sp³-hybridized carbons (Fsp3) is 0.650. The van der Waals surface area contributed by atoms with Crippen molar-refractivity contribution in [3.8, 4) is 0 Å². The second-order valence-electron chi connectivity index (χ2n) is 7.28. The third-order valence-corrected chi connectivity index (χ3v) is 5.43. The predicted molar refractivity (Wildman–Crippen MR) is 97.1 cm³/mol. The molecule has 0 aliphatic carbocycles. The maximum absolute atomic E-state index is 11.9. The van der Waals surface area contributed by atoms with Crippen LogP contribution < -0.4 is 0 Å². The van der Waals surface area contributed by atoms with Crippen LogP contribution in [0.25, 0.3) is 0 Å². The van der Waals surface area contributed by atoms with Crippen LogP contribution in [0.1, 0.15) is 38.2 Å². The molecule has 2 heterocycles. The molecule has 2 saturated heterocycles. The second-order valence-corrected chi connectivity index (χ2v) is 7.28. The largest absolute Gasteiger partial charge is 0.389 e. The molecule has 2 aliphatic heterocycles. The molecule has 2 fully saturated rings. The Morgan fingerprint density at radius 3 is 2.68 bits per heavy atom. The van der Waals surface area contributed by atoms with E-state index in [4.69, 9.17) is 4.74 Å². The number of nitrogens with zero attached hydrogens (tertiary/aromatic N) is 2. The monoisotopic (exact) mass is 346 g/mol. The lowest BCUT2D eigenvalue weighted by Gasteiger charge is -2.35. The maximum Gasteiger partial charge on any atom is 0.219 e. The third kappa shape index (κ3) is 4.81. The molecular formula is C20H30N2O3. The summed E-state index contributed by atoms with van der Waals surface area (Å²) in [6.07, 6.45) is 3.95. The Morgan fingerprint density at radius 2 is 1.92 bits per heavy atom. The van der Waals surface area contributed by atoms with E-state index in [1.165, 1.54) is 0 Å².